The van der Waals surface area contributed by atoms with E-state index in [9.17, 15) is 29.4 Å². The number of carbonyl (C=O) groups excluding carboxylic acids is 3. The summed E-state index contributed by atoms with van der Waals surface area (Å²) in [6, 6.07) is 1.66. The lowest BCUT2D eigenvalue weighted by Gasteiger charge is -2.25. The molecular weight excluding hydrogens is 560 g/mol. The van der Waals surface area contributed by atoms with Gasteiger partial charge in [-0.05, 0) is 62.8 Å². The monoisotopic (exact) mass is 602 g/mol. The summed E-state index contributed by atoms with van der Waals surface area (Å²) in [5.41, 5.74) is 23.6. The molecule has 1 heterocycles. The second-order valence-electron chi connectivity index (χ2n) is 10.0. The van der Waals surface area contributed by atoms with Crippen LogP contribution in [0.4, 0.5) is 0 Å². The molecule has 0 aliphatic carbocycles. The van der Waals surface area contributed by atoms with E-state index in [0.29, 0.717) is 37.1 Å². The lowest BCUT2D eigenvalue weighted by atomic mass is 10.0. The van der Waals surface area contributed by atoms with Crippen molar-refractivity contribution in [2.45, 2.75) is 69.1 Å². The molecule has 2 rings (SSSR count). The lowest BCUT2D eigenvalue weighted by molar-refractivity contribution is -0.142. The quantitative estimate of drug-likeness (QED) is 0.0474. The minimum absolute atomic E-state index is 0.0260. The van der Waals surface area contributed by atoms with E-state index in [1.54, 1.807) is 12.1 Å². The first-order chi connectivity index (χ1) is 20.5. The van der Waals surface area contributed by atoms with E-state index >= 15 is 0 Å². The fourth-order valence-electron chi connectivity index (χ4n) is 4.15. The number of aromatic hydroxyl groups is 1. The minimum Gasteiger partial charge on any atom is -0.508 e. The van der Waals surface area contributed by atoms with Gasteiger partial charge in [0, 0.05) is 24.9 Å². The highest BCUT2D eigenvalue weighted by atomic mass is 16.4. The van der Waals surface area contributed by atoms with Crippen molar-refractivity contribution in [3.05, 3.63) is 48.0 Å². The number of guanidine groups is 1. The van der Waals surface area contributed by atoms with Crippen molar-refractivity contribution < 1.29 is 29.4 Å². The summed E-state index contributed by atoms with van der Waals surface area (Å²) in [6.45, 7) is 0.566. The number of aromatic nitrogens is 2. The number of nitrogens with zero attached hydrogens (tertiary/aromatic N) is 2. The molecule has 16 nitrogen and oxygen atoms in total. The largest absolute Gasteiger partial charge is 0.508 e. The first kappa shape index (κ1) is 34.5. The van der Waals surface area contributed by atoms with Crippen LogP contribution >= 0.6 is 0 Å². The van der Waals surface area contributed by atoms with Gasteiger partial charge in [-0.3, -0.25) is 19.4 Å². The molecule has 0 aliphatic rings. The van der Waals surface area contributed by atoms with Crippen LogP contribution in [0.25, 0.3) is 0 Å². The third-order valence-corrected chi connectivity index (χ3v) is 6.48. The lowest BCUT2D eigenvalue weighted by Crippen LogP contribution is -2.57. The number of unbranched alkanes of at least 4 members (excludes halogenated alkanes) is 1. The Labute approximate surface area is 249 Å². The van der Waals surface area contributed by atoms with Gasteiger partial charge in [-0.1, -0.05) is 12.1 Å². The Morgan fingerprint density at radius 2 is 1.51 bits per heavy atom. The van der Waals surface area contributed by atoms with Gasteiger partial charge in [0.25, 0.3) is 0 Å². The topological polar surface area (TPSA) is 290 Å². The van der Waals surface area contributed by atoms with E-state index in [0.717, 1.165) is 0 Å². The van der Waals surface area contributed by atoms with Gasteiger partial charge >= 0.3 is 5.97 Å². The summed E-state index contributed by atoms with van der Waals surface area (Å²) in [6.07, 6.45) is 4.63. The number of phenols is 1. The molecular formula is C27H42N10O6. The number of aromatic amines is 1. The number of amides is 3. The SMILES string of the molecule is NCCCCC(NC(=O)C(Cc1cnc[nH]1)NC(=O)C(CCCN=C(N)N)NC(=O)C(N)Cc1ccc(O)cc1)C(=O)O. The second kappa shape index (κ2) is 18.0. The Hall–Kier alpha value is -4.70. The number of carbonyl (C=O) groups is 4. The molecule has 43 heavy (non-hydrogen) atoms. The zero-order valence-electron chi connectivity index (χ0n) is 23.9. The smallest absolute Gasteiger partial charge is 0.326 e. The number of benzene rings is 1. The molecule has 4 unspecified atom stereocenters. The molecule has 0 spiro atoms. The first-order valence-corrected chi connectivity index (χ1v) is 13.9. The summed E-state index contributed by atoms with van der Waals surface area (Å²) in [5, 5.41) is 26.9. The molecule has 2 aromatic rings. The highest BCUT2D eigenvalue weighted by molar-refractivity contribution is 5.94. The normalized spacial score (nSPS) is 13.6. The number of rotatable bonds is 19. The highest BCUT2D eigenvalue weighted by Gasteiger charge is 2.30. The summed E-state index contributed by atoms with van der Waals surface area (Å²) in [4.78, 5) is 62.2. The fraction of sp³-hybridized carbons (Fsp3) is 0.481. The Bertz CT molecular complexity index is 1200. The predicted octanol–water partition coefficient (Wildman–Crippen LogP) is -2.05. The summed E-state index contributed by atoms with van der Waals surface area (Å²) in [7, 11) is 0. The van der Waals surface area contributed by atoms with Gasteiger partial charge in [-0.15, -0.1) is 0 Å². The number of nitrogens with two attached hydrogens (primary N) is 4. The van der Waals surface area contributed by atoms with Crippen LogP contribution in [0.1, 0.15) is 43.4 Å². The Morgan fingerprint density at radius 1 is 0.884 bits per heavy atom. The van der Waals surface area contributed by atoms with Gasteiger partial charge in [-0.2, -0.15) is 0 Å². The van der Waals surface area contributed by atoms with Crippen molar-refractivity contribution >= 4 is 29.7 Å². The highest BCUT2D eigenvalue weighted by Crippen LogP contribution is 2.11. The van der Waals surface area contributed by atoms with E-state index in [1.165, 1.54) is 24.7 Å². The Morgan fingerprint density at radius 3 is 2.12 bits per heavy atom. The number of imidazole rings is 1. The number of hydrogen-bond acceptors (Lipinski definition) is 9. The standard InChI is InChI=1S/C27H42N10O6/c28-10-2-1-4-21(26(42)43)36-25(41)22(13-17-14-32-15-34-17)37-24(40)20(5-3-11-33-27(30)31)35-23(39)19(29)12-16-6-8-18(38)9-7-16/h6-9,14-15,19-22,38H,1-5,10-13,28-29H2,(H,32,34)(H,35,39)(H,36,41)(H,37,40)(H,42,43)(H4,30,31,33). The molecule has 0 aliphatic heterocycles. The molecule has 0 fully saturated rings. The molecule has 14 N–H and O–H groups in total. The Balaban J connectivity index is 2.19. The van der Waals surface area contributed by atoms with Crippen molar-refractivity contribution in [3.8, 4) is 5.75 Å². The maximum atomic E-state index is 13.5. The predicted molar refractivity (Wildman–Crippen MR) is 158 cm³/mol. The van der Waals surface area contributed by atoms with Crippen molar-refractivity contribution in [2.75, 3.05) is 13.1 Å². The summed E-state index contributed by atoms with van der Waals surface area (Å²) >= 11 is 0. The summed E-state index contributed by atoms with van der Waals surface area (Å²) < 4.78 is 0. The van der Waals surface area contributed by atoms with Gasteiger partial charge in [-0.25, -0.2) is 9.78 Å². The van der Waals surface area contributed by atoms with Gasteiger partial charge in [0.2, 0.25) is 17.7 Å². The number of aliphatic imine (C=N–C) groups is 1. The van der Waals surface area contributed by atoms with Crippen LogP contribution in [0.2, 0.25) is 0 Å². The third-order valence-electron chi connectivity index (χ3n) is 6.48. The van der Waals surface area contributed by atoms with E-state index in [-0.39, 0.29) is 43.9 Å². The van der Waals surface area contributed by atoms with Crippen molar-refractivity contribution in [1.82, 2.24) is 25.9 Å². The number of H-pyrrole nitrogens is 1. The molecule has 0 saturated carbocycles. The van der Waals surface area contributed by atoms with E-state index in [4.69, 9.17) is 22.9 Å². The van der Waals surface area contributed by atoms with E-state index in [2.05, 4.69) is 30.9 Å². The van der Waals surface area contributed by atoms with Gasteiger partial charge in [0.1, 0.15) is 23.9 Å². The molecule has 3 amide bonds. The molecule has 0 saturated heterocycles. The number of nitrogens with one attached hydrogen (secondary N) is 4. The van der Waals surface area contributed by atoms with Crippen LogP contribution in [0, 0.1) is 0 Å². The number of carboxylic acid groups (broad SMARTS) is 1. The van der Waals surface area contributed by atoms with Crippen LogP contribution < -0.4 is 38.9 Å². The van der Waals surface area contributed by atoms with Gasteiger partial charge in [0.15, 0.2) is 5.96 Å². The number of hydrogen-bond donors (Lipinski definition) is 10. The van der Waals surface area contributed by atoms with Crippen LogP contribution in [0.5, 0.6) is 5.75 Å². The Kier molecular flexibility index (Phi) is 14.4. The molecule has 0 radical (unpaired) electrons. The van der Waals surface area contributed by atoms with Crippen molar-refractivity contribution in [1.29, 1.82) is 0 Å². The van der Waals surface area contributed by atoms with E-state index in [1.807, 2.05) is 0 Å². The van der Waals surface area contributed by atoms with Gasteiger partial charge in [0.05, 0.1) is 12.4 Å². The zero-order valence-corrected chi connectivity index (χ0v) is 23.9. The molecule has 0 bridgehead atoms. The average molecular weight is 603 g/mol. The maximum Gasteiger partial charge on any atom is 0.326 e. The molecule has 4 atom stereocenters. The fourth-order valence-corrected chi connectivity index (χ4v) is 4.15. The molecule has 16 heteroatoms. The number of phenolic OH excluding ortho intramolecular Hbond substituents is 1. The van der Waals surface area contributed by atoms with E-state index < -0.39 is 47.9 Å². The first-order valence-electron chi connectivity index (χ1n) is 13.9. The number of aliphatic carboxylic acids is 1. The summed E-state index contributed by atoms with van der Waals surface area (Å²) in [5.74, 6) is -3.31. The zero-order chi connectivity index (χ0) is 31.8. The van der Waals surface area contributed by atoms with Crippen LogP contribution in [-0.2, 0) is 32.0 Å². The second-order valence-corrected chi connectivity index (χ2v) is 10.0. The molecule has 1 aromatic heterocycles. The van der Waals surface area contributed by atoms with Crippen molar-refractivity contribution in [2.24, 2.45) is 27.9 Å². The third kappa shape index (κ3) is 12.8. The van der Waals surface area contributed by atoms with Gasteiger partial charge < -0.3 is 54.1 Å². The molecule has 236 valence electrons. The minimum atomic E-state index is -1.22. The van der Waals surface area contributed by atoms with Crippen molar-refractivity contribution in [3.63, 3.8) is 0 Å². The van der Waals surface area contributed by atoms with Crippen LogP contribution in [0.3, 0.4) is 0 Å². The number of carboxylic acids is 1. The van der Waals surface area contributed by atoms with Crippen LogP contribution in [-0.4, -0.2) is 87.1 Å². The maximum absolute atomic E-state index is 13.5. The molecule has 1 aromatic carbocycles. The average Bonchev–Trinajstić information content (AvgIpc) is 3.47. The van der Waals surface area contributed by atoms with Crippen LogP contribution in [0.15, 0.2) is 41.8 Å².